The van der Waals surface area contributed by atoms with Crippen molar-refractivity contribution in [3.8, 4) is 16.8 Å². The van der Waals surface area contributed by atoms with Gasteiger partial charge in [0.15, 0.2) is 0 Å². The molecule has 2 heterocycles. The van der Waals surface area contributed by atoms with E-state index in [0.717, 1.165) is 21.8 Å². The zero-order valence-corrected chi connectivity index (χ0v) is 22.5. The number of nitrogens with one attached hydrogen (secondary N) is 1. The summed E-state index contributed by atoms with van der Waals surface area (Å²) in [5, 5.41) is 7.21. The van der Waals surface area contributed by atoms with Crippen LogP contribution >= 0.6 is 22.6 Å². The van der Waals surface area contributed by atoms with Gasteiger partial charge in [-0.25, -0.2) is 0 Å². The van der Waals surface area contributed by atoms with Crippen LogP contribution in [0.4, 0.5) is 0 Å². The van der Waals surface area contributed by atoms with E-state index in [1.807, 2.05) is 12.1 Å². The number of para-hydroxylation sites is 2. The van der Waals surface area contributed by atoms with Crippen molar-refractivity contribution in [2.24, 2.45) is 0 Å². The van der Waals surface area contributed by atoms with Gasteiger partial charge in [0.1, 0.15) is 7.85 Å². The van der Waals surface area contributed by atoms with Crippen molar-refractivity contribution in [1.29, 1.82) is 0 Å². The van der Waals surface area contributed by atoms with E-state index < -0.39 is 0 Å². The van der Waals surface area contributed by atoms with E-state index in [2.05, 4.69) is 135 Å². The normalized spacial score (nSPS) is 11.9. The van der Waals surface area contributed by atoms with E-state index >= 15 is 0 Å². The van der Waals surface area contributed by atoms with Crippen LogP contribution in [0.5, 0.6) is 0 Å². The fourth-order valence-corrected chi connectivity index (χ4v) is 6.54. The Morgan fingerprint density at radius 2 is 1.29 bits per heavy atom. The SMILES string of the molecule is [B]c1cccc2cc3c4cc(-c5ccc6[nH]c7ccccc7c6c5)ccc4n(-c4ccccc4I)c3cc12. The summed E-state index contributed by atoms with van der Waals surface area (Å²) in [6.45, 7) is 0. The number of benzene rings is 6. The average molecular weight is 594 g/mol. The Bertz CT molecular complexity index is 2220. The molecular formula is C34H20BIN2. The Morgan fingerprint density at radius 3 is 2.18 bits per heavy atom. The fraction of sp³-hybridized carbons (Fsp3) is 0. The molecule has 2 radical (unpaired) electrons. The Labute approximate surface area is 234 Å². The molecule has 0 amide bonds. The van der Waals surface area contributed by atoms with Crippen molar-refractivity contribution in [3.63, 3.8) is 0 Å². The fourth-order valence-electron chi connectivity index (χ4n) is 5.92. The summed E-state index contributed by atoms with van der Waals surface area (Å²) in [6.07, 6.45) is 0. The maximum Gasteiger partial charge on any atom is 0.114 e. The number of aromatic amines is 1. The minimum atomic E-state index is 0.802. The van der Waals surface area contributed by atoms with Crippen molar-refractivity contribution >= 4 is 90.3 Å². The Hall–Kier alpha value is -4.03. The highest BCUT2D eigenvalue weighted by molar-refractivity contribution is 14.1. The first-order valence-electron chi connectivity index (χ1n) is 12.7. The first kappa shape index (κ1) is 22.0. The van der Waals surface area contributed by atoms with E-state index in [9.17, 15) is 0 Å². The van der Waals surface area contributed by atoms with Gasteiger partial charge in [-0.2, -0.15) is 0 Å². The molecule has 0 unspecified atom stereocenters. The molecule has 6 aromatic carbocycles. The third-order valence-electron chi connectivity index (χ3n) is 7.73. The van der Waals surface area contributed by atoms with Gasteiger partial charge < -0.3 is 9.55 Å². The molecule has 2 aromatic heterocycles. The van der Waals surface area contributed by atoms with Gasteiger partial charge in [0.05, 0.1) is 16.7 Å². The molecule has 0 bridgehead atoms. The van der Waals surface area contributed by atoms with E-state index in [-0.39, 0.29) is 0 Å². The van der Waals surface area contributed by atoms with Crippen LogP contribution in [0.15, 0.2) is 115 Å². The standard InChI is InChI=1S/C34H20BIN2/c35-28-8-5-6-22-18-27-26-17-21(20-12-14-31-25(16-20)23-7-1-3-10-30(23)37-31)13-15-32(26)38(34(27)19-24(22)28)33-11-4-2-9-29(33)36/h1-19,37H. The van der Waals surface area contributed by atoms with Crippen LogP contribution in [0.25, 0.3) is 71.2 Å². The van der Waals surface area contributed by atoms with Crippen LogP contribution in [0.3, 0.4) is 0 Å². The molecule has 0 aliphatic rings. The minimum absolute atomic E-state index is 0.802. The second-order valence-corrected chi connectivity index (χ2v) is 11.0. The minimum Gasteiger partial charge on any atom is -0.355 e. The molecule has 8 rings (SSSR count). The molecule has 0 saturated heterocycles. The summed E-state index contributed by atoms with van der Waals surface area (Å²) in [5.41, 5.74) is 9.08. The third-order valence-corrected chi connectivity index (χ3v) is 8.64. The first-order valence-corrected chi connectivity index (χ1v) is 13.8. The molecule has 0 fully saturated rings. The number of aromatic nitrogens is 2. The topological polar surface area (TPSA) is 20.7 Å². The molecular weight excluding hydrogens is 574 g/mol. The van der Waals surface area contributed by atoms with Crippen molar-refractivity contribution < 1.29 is 0 Å². The lowest BCUT2D eigenvalue weighted by atomic mass is 9.89. The molecule has 176 valence electrons. The zero-order valence-electron chi connectivity index (χ0n) is 20.4. The Balaban J connectivity index is 1.44. The number of fused-ring (bicyclic) bond motifs is 7. The van der Waals surface area contributed by atoms with Gasteiger partial charge in [0.25, 0.3) is 0 Å². The highest BCUT2D eigenvalue weighted by Crippen LogP contribution is 2.38. The lowest BCUT2D eigenvalue weighted by Gasteiger charge is -2.11. The first-order chi connectivity index (χ1) is 18.7. The number of nitrogens with zero attached hydrogens (tertiary/aromatic N) is 1. The van der Waals surface area contributed by atoms with Crippen LogP contribution < -0.4 is 5.46 Å². The predicted octanol–water partition coefficient (Wildman–Crippen LogP) is 8.64. The highest BCUT2D eigenvalue weighted by Gasteiger charge is 2.16. The van der Waals surface area contributed by atoms with Gasteiger partial charge in [-0.05, 0) is 99.1 Å². The lowest BCUT2D eigenvalue weighted by Crippen LogP contribution is -2.03. The summed E-state index contributed by atoms with van der Waals surface area (Å²) in [4.78, 5) is 3.54. The smallest absolute Gasteiger partial charge is 0.114 e. The maximum absolute atomic E-state index is 6.42. The summed E-state index contributed by atoms with van der Waals surface area (Å²) in [5.74, 6) is 0. The molecule has 0 aliphatic heterocycles. The van der Waals surface area contributed by atoms with Gasteiger partial charge in [-0.1, -0.05) is 66.1 Å². The summed E-state index contributed by atoms with van der Waals surface area (Å²) in [6, 6.07) is 41.3. The maximum atomic E-state index is 6.42. The largest absolute Gasteiger partial charge is 0.355 e. The molecule has 38 heavy (non-hydrogen) atoms. The molecule has 0 atom stereocenters. The van der Waals surface area contributed by atoms with E-state index in [0.29, 0.717) is 0 Å². The number of H-pyrrole nitrogens is 1. The summed E-state index contributed by atoms with van der Waals surface area (Å²) >= 11 is 2.43. The van der Waals surface area contributed by atoms with E-state index in [1.54, 1.807) is 0 Å². The summed E-state index contributed by atoms with van der Waals surface area (Å²) < 4.78 is 3.59. The second kappa shape index (κ2) is 8.24. The number of hydrogen-bond acceptors (Lipinski definition) is 0. The molecule has 0 saturated carbocycles. The number of rotatable bonds is 2. The van der Waals surface area contributed by atoms with Gasteiger partial charge >= 0.3 is 0 Å². The molecule has 8 aromatic rings. The van der Waals surface area contributed by atoms with Crippen LogP contribution in [0, 0.1) is 3.57 Å². The van der Waals surface area contributed by atoms with Crippen LogP contribution in [-0.2, 0) is 0 Å². The third kappa shape index (κ3) is 3.20. The lowest BCUT2D eigenvalue weighted by molar-refractivity contribution is 1.17. The number of hydrogen-bond donors (Lipinski definition) is 1. The van der Waals surface area contributed by atoms with E-state index in [1.165, 1.54) is 58.5 Å². The monoisotopic (exact) mass is 594 g/mol. The van der Waals surface area contributed by atoms with Gasteiger partial charge in [-0.3, -0.25) is 0 Å². The van der Waals surface area contributed by atoms with Gasteiger partial charge in [-0.15, -0.1) is 0 Å². The number of halogens is 1. The van der Waals surface area contributed by atoms with E-state index in [4.69, 9.17) is 7.85 Å². The molecule has 4 heteroatoms. The molecule has 0 aliphatic carbocycles. The predicted molar refractivity (Wildman–Crippen MR) is 171 cm³/mol. The average Bonchev–Trinajstić information content (AvgIpc) is 3.47. The summed E-state index contributed by atoms with van der Waals surface area (Å²) in [7, 11) is 6.42. The molecule has 1 N–H and O–H groups in total. The van der Waals surface area contributed by atoms with Crippen molar-refractivity contribution in [1.82, 2.24) is 9.55 Å². The quantitative estimate of drug-likeness (QED) is 0.153. The van der Waals surface area contributed by atoms with Gasteiger partial charge in [0, 0.05) is 36.1 Å². The molecule has 0 spiro atoms. The van der Waals surface area contributed by atoms with Crippen molar-refractivity contribution in [2.45, 2.75) is 0 Å². The Morgan fingerprint density at radius 1 is 0.553 bits per heavy atom. The van der Waals surface area contributed by atoms with Crippen LogP contribution in [0.2, 0.25) is 0 Å². The van der Waals surface area contributed by atoms with Crippen LogP contribution in [0.1, 0.15) is 0 Å². The van der Waals surface area contributed by atoms with Crippen LogP contribution in [-0.4, -0.2) is 17.4 Å². The zero-order chi connectivity index (χ0) is 25.4. The van der Waals surface area contributed by atoms with Gasteiger partial charge in [0.2, 0.25) is 0 Å². The second-order valence-electron chi connectivity index (χ2n) is 9.89. The Kier molecular flexibility index (Phi) is 4.77. The van der Waals surface area contributed by atoms with Crippen molar-refractivity contribution in [3.05, 3.63) is 119 Å². The highest BCUT2D eigenvalue weighted by atomic mass is 127. The van der Waals surface area contributed by atoms with Crippen molar-refractivity contribution in [2.75, 3.05) is 0 Å². The molecule has 2 nitrogen and oxygen atoms in total.